The molecule has 5 nitrogen and oxygen atoms in total. The smallest absolute Gasteiger partial charge is 0.325 e. The van der Waals surface area contributed by atoms with Crippen molar-refractivity contribution in [2.75, 3.05) is 27.3 Å². The van der Waals surface area contributed by atoms with Gasteiger partial charge >= 0.3 is 5.97 Å². The first-order valence-corrected chi connectivity index (χ1v) is 6.91. The van der Waals surface area contributed by atoms with Gasteiger partial charge in [-0.1, -0.05) is 15.9 Å². The third-order valence-corrected chi connectivity index (χ3v) is 3.38. The van der Waals surface area contributed by atoms with Crippen molar-refractivity contribution >= 4 is 43.7 Å². The molecule has 1 aromatic carbocycles. The van der Waals surface area contributed by atoms with E-state index in [1.807, 2.05) is 12.1 Å². The lowest BCUT2D eigenvalue weighted by Gasteiger charge is -2.16. The van der Waals surface area contributed by atoms with E-state index in [-0.39, 0.29) is 19.1 Å². The molecule has 0 aliphatic carbocycles. The van der Waals surface area contributed by atoms with Gasteiger partial charge in [0.15, 0.2) is 6.61 Å². The molecule has 0 radical (unpaired) electrons. The first-order valence-electron chi connectivity index (χ1n) is 5.32. The fourth-order valence-electron chi connectivity index (χ4n) is 1.19. The maximum Gasteiger partial charge on any atom is 0.325 e. The van der Waals surface area contributed by atoms with Crippen LogP contribution in [-0.2, 0) is 14.3 Å². The van der Waals surface area contributed by atoms with E-state index in [1.54, 1.807) is 6.07 Å². The molecular weight excluding hydrogens is 382 g/mol. The van der Waals surface area contributed by atoms with Gasteiger partial charge in [0.05, 0.1) is 11.6 Å². The minimum absolute atomic E-state index is 0.0970. The Morgan fingerprint density at radius 1 is 1.32 bits per heavy atom. The summed E-state index contributed by atoms with van der Waals surface area (Å²) in [5.41, 5.74) is 0. The van der Waals surface area contributed by atoms with E-state index in [1.165, 1.54) is 19.1 Å². The van der Waals surface area contributed by atoms with Crippen molar-refractivity contribution in [3.05, 3.63) is 27.1 Å². The van der Waals surface area contributed by atoms with Gasteiger partial charge in [-0.3, -0.25) is 9.59 Å². The molecular formula is C12H13Br2NO4. The number of hydrogen-bond acceptors (Lipinski definition) is 4. The molecule has 0 aromatic heterocycles. The van der Waals surface area contributed by atoms with E-state index in [0.29, 0.717) is 5.75 Å². The van der Waals surface area contributed by atoms with E-state index in [2.05, 4.69) is 36.6 Å². The average molecular weight is 395 g/mol. The molecule has 1 aromatic rings. The van der Waals surface area contributed by atoms with Crippen LogP contribution < -0.4 is 4.74 Å². The Morgan fingerprint density at radius 2 is 2.00 bits per heavy atom. The maximum atomic E-state index is 11.7. The van der Waals surface area contributed by atoms with Gasteiger partial charge < -0.3 is 14.4 Å². The molecule has 1 amide bonds. The molecule has 19 heavy (non-hydrogen) atoms. The van der Waals surface area contributed by atoms with Crippen LogP contribution in [0.3, 0.4) is 0 Å². The Kier molecular flexibility index (Phi) is 6.30. The predicted octanol–water partition coefficient (Wildman–Crippen LogP) is 2.22. The molecule has 0 aliphatic rings. The predicted molar refractivity (Wildman–Crippen MR) is 77.0 cm³/mol. The summed E-state index contributed by atoms with van der Waals surface area (Å²) in [5, 5.41) is 0. The molecule has 0 bridgehead atoms. The van der Waals surface area contributed by atoms with Gasteiger partial charge in [0.1, 0.15) is 12.3 Å². The third-order valence-electron chi connectivity index (χ3n) is 2.26. The fourth-order valence-corrected chi connectivity index (χ4v) is 2.35. The van der Waals surface area contributed by atoms with E-state index in [0.717, 1.165) is 8.95 Å². The molecule has 0 fully saturated rings. The molecule has 0 heterocycles. The molecule has 7 heteroatoms. The molecule has 0 saturated heterocycles. The summed E-state index contributed by atoms with van der Waals surface area (Å²) in [4.78, 5) is 24.0. The zero-order valence-corrected chi connectivity index (χ0v) is 13.7. The van der Waals surface area contributed by atoms with Crippen LogP contribution in [-0.4, -0.2) is 44.1 Å². The van der Waals surface area contributed by atoms with Crippen molar-refractivity contribution < 1.29 is 19.1 Å². The molecule has 0 N–H and O–H groups in total. The molecule has 0 spiro atoms. The van der Waals surface area contributed by atoms with Crippen LogP contribution in [0.2, 0.25) is 0 Å². The lowest BCUT2D eigenvalue weighted by Crippen LogP contribution is -2.35. The standard InChI is InChI=1S/C12H13Br2NO4/c1-15(6-12(17)18-2)11(16)7-19-10-4-3-8(13)5-9(10)14/h3-5H,6-7H2,1-2H3. The topological polar surface area (TPSA) is 55.8 Å². The maximum absolute atomic E-state index is 11.7. The highest BCUT2D eigenvalue weighted by molar-refractivity contribution is 9.11. The van der Waals surface area contributed by atoms with Gasteiger partial charge in [-0.2, -0.15) is 0 Å². The second kappa shape index (κ2) is 7.49. The van der Waals surface area contributed by atoms with Crippen LogP contribution in [0.15, 0.2) is 27.1 Å². The van der Waals surface area contributed by atoms with Gasteiger partial charge in [0.2, 0.25) is 0 Å². The van der Waals surface area contributed by atoms with Crippen molar-refractivity contribution in [3.8, 4) is 5.75 Å². The highest BCUT2D eigenvalue weighted by Crippen LogP contribution is 2.28. The van der Waals surface area contributed by atoms with Crippen LogP contribution in [0.1, 0.15) is 0 Å². The minimum Gasteiger partial charge on any atom is -0.483 e. The second-order valence-corrected chi connectivity index (χ2v) is 5.46. The van der Waals surface area contributed by atoms with Gasteiger partial charge in [-0.05, 0) is 34.1 Å². The van der Waals surface area contributed by atoms with E-state index >= 15 is 0 Å². The van der Waals surface area contributed by atoms with Crippen molar-refractivity contribution in [2.45, 2.75) is 0 Å². The molecule has 1 rings (SSSR count). The highest BCUT2D eigenvalue weighted by Gasteiger charge is 2.14. The number of likely N-dealkylation sites (N-methyl/N-ethyl adjacent to an activating group) is 1. The van der Waals surface area contributed by atoms with Gasteiger partial charge in [0.25, 0.3) is 5.91 Å². The van der Waals surface area contributed by atoms with Crippen LogP contribution in [0.4, 0.5) is 0 Å². The highest BCUT2D eigenvalue weighted by atomic mass is 79.9. The summed E-state index contributed by atoms with van der Waals surface area (Å²) in [6, 6.07) is 5.36. The van der Waals surface area contributed by atoms with Crippen LogP contribution in [0.5, 0.6) is 5.75 Å². The zero-order chi connectivity index (χ0) is 14.4. The molecule has 0 saturated carbocycles. The summed E-state index contributed by atoms with van der Waals surface area (Å²) < 4.78 is 11.5. The normalized spacial score (nSPS) is 9.89. The van der Waals surface area contributed by atoms with Gasteiger partial charge in [-0.15, -0.1) is 0 Å². The summed E-state index contributed by atoms with van der Waals surface area (Å²) >= 11 is 6.65. The summed E-state index contributed by atoms with van der Waals surface area (Å²) in [6.45, 7) is -0.242. The third kappa shape index (κ3) is 5.20. The number of benzene rings is 1. The average Bonchev–Trinajstić information content (AvgIpc) is 2.37. The Labute approximate surface area is 128 Å². The first kappa shape index (κ1) is 16.0. The van der Waals surface area contributed by atoms with Crippen molar-refractivity contribution in [2.24, 2.45) is 0 Å². The second-order valence-electron chi connectivity index (χ2n) is 3.69. The lowest BCUT2D eigenvalue weighted by atomic mass is 10.3. The number of esters is 1. The number of carbonyl (C=O) groups excluding carboxylic acids is 2. The molecule has 0 atom stereocenters. The van der Waals surface area contributed by atoms with Crippen molar-refractivity contribution in [1.82, 2.24) is 4.90 Å². The van der Waals surface area contributed by atoms with E-state index in [9.17, 15) is 9.59 Å². The van der Waals surface area contributed by atoms with Crippen LogP contribution >= 0.6 is 31.9 Å². The number of hydrogen-bond donors (Lipinski definition) is 0. The summed E-state index contributed by atoms with van der Waals surface area (Å²) in [6.07, 6.45) is 0. The van der Waals surface area contributed by atoms with Crippen LogP contribution in [0.25, 0.3) is 0 Å². The Balaban J connectivity index is 2.52. The first-order chi connectivity index (χ1) is 8.93. The lowest BCUT2D eigenvalue weighted by molar-refractivity contribution is -0.146. The largest absolute Gasteiger partial charge is 0.483 e. The van der Waals surface area contributed by atoms with Crippen molar-refractivity contribution in [1.29, 1.82) is 0 Å². The van der Waals surface area contributed by atoms with Gasteiger partial charge in [0, 0.05) is 11.5 Å². The summed E-state index contributed by atoms with van der Waals surface area (Å²) in [7, 11) is 2.79. The van der Waals surface area contributed by atoms with Crippen LogP contribution in [0, 0.1) is 0 Å². The number of methoxy groups -OCH3 is 1. The number of rotatable bonds is 5. The number of nitrogens with zero attached hydrogens (tertiary/aromatic N) is 1. The van der Waals surface area contributed by atoms with E-state index in [4.69, 9.17) is 4.74 Å². The molecule has 104 valence electrons. The number of halogens is 2. The molecule has 0 unspecified atom stereocenters. The number of carbonyl (C=O) groups is 2. The van der Waals surface area contributed by atoms with Crippen molar-refractivity contribution in [3.63, 3.8) is 0 Å². The quantitative estimate of drug-likeness (QED) is 0.718. The Morgan fingerprint density at radius 3 is 2.58 bits per heavy atom. The number of amides is 1. The SMILES string of the molecule is COC(=O)CN(C)C(=O)COc1ccc(Br)cc1Br. The summed E-state index contributed by atoms with van der Waals surface area (Å²) in [5.74, 6) is -0.219. The number of ether oxygens (including phenoxy) is 2. The monoisotopic (exact) mass is 393 g/mol. The Hall–Kier alpha value is -1.08. The fraction of sp³-hybridized carbons (Fsp3) is 0.333. The van der Waals surface area contributed by atoms with E-state index < -0.39 is 5.97 Å². The zero-order valence-electron chi connectivity index (χ0n) is 10.5. The minimum atomic E-state index is -0.472. The molecule has 0 aliphatic heterocycles. The van der Waals surface area contributed by atoms with Gasteiger partial charge in [-0.25, -0.2) is 0 Å². The Bertz CT molecular complexity index is 479.